The molecule has 1 aliphatic rings. The lowest BCUT2D eigenvalue weighted by Gasteiger charge is -2.41. The molecule has 1 saturated heterocycles. The van der Waals surface area contributed by atoms with Crippen LogP contribution >= 0.6 is 11.8 Å². The fourth-order valence-corrected chi connectivity index (χ4v) is 3.53. The van der Waals surface area contributed by atoms with Crippen LogP contribution in [0.2, 0.25) is 0 Å². The number of nitriles is 1. The van der Waals surface area contributed by atoms with Crippen molar-refractivity contribution in [3.05, 3.63) is 0 Å². The van der Waals surface area contributed by atoms with Crippen LogP contribution < -0.4 is 5.32 Å². The molecule has 1 N–H and O–H groups in total. The van der Waals surface area contributed by atoms with Gasteiger partial charge in [-0.2, -0.15) is 17.0 Å². The van der Waals surface area contributed by atoms with E-state index in [0.29, 0.717) is 6.04 Å². The molecular formula is C11H20N2S. The Hall–Kier alpha value is -0.200. The van der Waals surface area contributed by atoms with Gasteiger partial charge in [0.05, 0.1) is 6.07 Å². The van der Waals surface area contributed by atoms with Crippen molar-refractivity contribution in [3.63, 3.8) is 0 Å². The van der Waals surface area contributed by atoms with Gasteiger partial charge in [0.1, 0.15) is 5.54 Å². The van der Waals surface area contributed by atoms with E-state index in [-0.39, 0.29) is 11.0 Å². The fourth-order valence-electron chi connectivity index (χ4n) is 2.17. The molecule has 3 heteroatoms. The van der Waals surface area contributed by atoms with E-state index in [1.54, 1.807) is 0 Å². The number of hydrogen-bond donors (Lipinski definition) is 1. The van der Waals surface area contributed by atoms with Crippen LogP contribution in [0.4, 0.5) is 0 Å². The Labute approximate surface area is 91.4 Å². The van der Waals surface area contributed by atoms with Gasteiger partial charge in [-0.1, -0.05) is 13.8 Å². The molecule has 0 spiro atoms. The van der Waals surface area contributed by atoms with E-state index < -0.39 is 0 Å². The van der Waals surface area contributed by atoms with Crippen molar-refractivity contribution in [2.45, 2.75) is 45.7 Å². The molecule has 0 aromatic rings. The Kier molecular flexibility index (Phi) is 3.49. The Balaban J connectivity index is 2.75. The summed E-state index contributed by atoms with van der Waals surface area (Å²) in [5.74, 6) is 2.08. The minimum absolute atomic E-state index is 0.278. The Morgan fingerprint density at radius 2 is 2.00 bits per heavy atom. The predicted molar refractivity (Wildman–Crippen MR) is 62.3 cm³/mol. The summed E-state index contributed by atoms with van der Waals surface area (Å²) >= 11 is 1.89. The summed E-state index contributed by atoms with van der Waals surface area (Å²) in [4.78, 5) is 0. The van der Waals surface area contributed by atoms with E-state index in [9.17, 15) is 5.26 Å². The van der Waals surface area contributed by atoms with Crippen molar-refractivity contribution in [2.75, 3.05) is 11.5 Å². The minimum atomic E-state index is -0.305. The third-order valence-corrected chi connectivity index (χ3v) is 4.08. The van der Waals surface area contributed by atoms with E-state index >= 15 is 0 Å². The van der Waals surface area contributed by atoms with E-state index in [4.69, 9.17) is 0 Å². The topological polar surface area (TPSA) is 35.8 Å². The molecule has 80 valence electrons. The Morgan fingerprint density at radius 3 is 2.43 bits per heavy atom. The van der Waals surface area contributed by atoms with Gasteiger partial charge in [0.15, 0.2) is 0 Å². The van der Waals surface area contributed by atoms with Crippen LogP contribution in [0.15, 0.2) is 0 Å². The quantitative estimate of drug-likeness (QED) is 0.763. The van der Waals surface area contributed by atoms with Gasteiger partial charge in [0.2, 0.25) is 0 Å². The van der Waals surface area contributed by atoms with Crippen molar-refractivity contribution in [1.82, 2.24) is 5.32 Å². The molecule has 1 fully saturated rings. The summed E-state index contributed by atoms with van der Waals surface area (Å²) < 4.78 is 0. The predicted octanol–water partition coefficient (Wildman–Crippen LogP) is 2.41. The molecule has 14 heavy (non-hydrogen) atoms. The van der Waals surface area contributed by atoms with Crippen LogP contribution in [0.25, 0.3) is 0 Å². The van der Waals surface area contributed by atoms with E-state index in [0.717, 1.165) is 17.9 Å². The zero-order valence-corrected chi connectivity index (χ0v) is 10.4. The van der Waals surface area contributed by atoms with Crippen LogP contribution in [0.3, 0.4) is 0 Å². The maximum atomic E-state index is 9.30. The van der Waals surface area contributed by atoms with E-state index in [1.165, 1.54) is 0 Å². The van der Waals surface area contributed by atoms with Gasteiger partial charge in [0.25, 0.3) is 0 Å². The molecule has 0 aromatic heterocycles. The standard InChI is InChI=1S/C11H20N2S/c1-9(2)13-11(6-12)5-10(3,4)7-14-8-11/h9,13H,5,7-8H2,1-4H3. The summed E-state index contributed by atoms with van der Waals surface area (Å²) in [5, 5.41) is 12.7. The lowest BCUT2D eigenvalue weighted by atomic mass is 9.80. The van der Waals surface area contributed by atoms with Crippen LogP contribution in [0.5, 0.6) is 0 Å². The Bertz CT molecular complexity index is 242. The molecule has 0 amide bonds. The highest BCUT2D eigenvalue weighted by Crippen LogP contribution is 2.39. The van der Waals surface area contributed by atoms with Gasteiger partial charge >= 0.3 is 0 Å². The minimum Gasteiger partial charge on any atom is -0.296 e. The number of hydrogen-bond acceptors (Lipinski definition) is 3. The molecular weight excluding hydrogens is 192 g/mol. The zero-order chi connectivity index (χ0) is 10.8. The van der Waals surface area contributed by atoms with E-state index in [1.807, 2.05) is 11.8 Å². The second-order valence-corrected chi connectivity index (χ2v) is 6.31. The molecule has 1 aliphatic heterocycles. The normalized spacial score (nSPS) is 31.4. The summed E-state index contributed by atoms with van der Waals surface area (Å²) in [6.45, 7) is 8.69. The fraction of sp³-hybridized carbons (Fsp3) is 0.909. The molecule has 1 unspecified atom stereocenters. The molecule has 0 bridgehead atoms. The highest BCUT2D eigenvalue weighted by atomic mass is 32.2. The van der Waals surface area contributed by atoms with Crippen LogP contribution in [0.1, 0.15) is 34.1 Å². The van der Waals surface area contributed by atoms with Gasteiger partial charge < -0.3 is 0 Å². The van der Waals surface area contributed by atoms with Gasteiger partial charge in [-0.05, 0) is 31.4 Å². The zero-order valence-electron chi connectivity index (χ0n) is 9.55. The summed E-state index contributed by atoms with van der Waals surface area (Å²) in [7, 11) is 0. The summed E-state index contributed by atoms with van der Waals surface area (Å²) in [6.07, 6.45) is 0.960. The Morgan fingerprint density at radius 1 is 1.36 bits per heavy atom. The molecule has 1 atom stereocenters. The van der Waals surface area contributed by atoms with E-state index in [2.05, 4.69) is 39.1 Å². The smallest absolute Gasteiger partial charge is 0.116 e. The third kappa shape index (κ3) is 2.90. The average Bonchev–Trinajstić information content (AvgIpc) is 2.01. The van der Waals surface area contributed by atoms with Gasteiger partial charge in [0, 0.05) is 11.8 Å². The number of nitrogens with zero attached hydrogens (tertiary/aromatic N) is 1. The molecule has 2 nitrogen and oxygen atoms in total. The number of nitrogens with one attached hydrogen (secondary N) is 1. The summed E-state index contributed by atoms with van der Waals surface area (Å²) in [5.41, 5.74) is -0.0267. The SMILES string of the molecule is CC(C)NC1(C#N)CSCC(C)(C)C1. The maximum absolute atomic E-state index is 9.30. The first kappa shape index (κ1) is 11.9. The average molecular weight is 212 g/mol. The molecule has 0 aliphatic carbocycles. The van der Waals surface area contributed by atoms with Crippen molar-refractivity contribution in [3.8, 4) is 6.07 Å². The first-order valence-corrected chi connectivity index (χ1v) is 6.31. The van der Waals surface area contributed by atoms with Crippen LogP contribution in [0, 0.1) is 16.7 Å². The highest BCUT2D eigenvalue weighted by Gasteiger charge is 2.40. The molecule has 0 radical (unpaired) electrons. The lowest BCUT2D eigenvalue weighted by molar-refractivity contribution is 0.259. The second kappa shape index (κ2) is 4.12. The van der Waals surface area contributed by atoms with Crippen molar-refractivity contribution >= 4 is 11.8 Å². The monoisotopic (exact) mass is 212 g/mol. The van der Waals surface area contributed by atoms with Crippen molar-refractivity contribution in [1.29, 1.82) is 5.26 Å². The number of thioether (sulfide) groups is 1. The first-order valence-electron chi connectivity index (χ1n) is 5.16. The van der Waals surface area contributed by atoms with Crippen LogP contribution in [-0.4, -0.2) is 23.1 Å². The molecule has 1 heterocycles. The van der Waals surface area contributed by atoms with Crippen LogP contribution in [-0.2, 0) is 0 Å². The molecule has 0 aromatic carbocycles. The maximum Gasteiger partial charge on any atom is 0.116 e. The van der Waals surface area contributed by atoms with Gasteiger partial charge in [-0.3, -0.25) is 5.32 Å². The first-order chi connectivity index (χ1) is 6.39. The third-order valence-electron chi connectivity index (χ3n) is 2.40. The number of rotatable bonds is 2. The largest absolute Gasteiger partial charge is 0.296 e. The lowest BCUT2D eigenvalue weighted by Crippen LogP contribution is -2.54. The summed E-state index contributed by atoms with van der Waals surface area (Å²) in [6, 6.07) is 2.85. The van der Waals surface area contributed by atoms with Gasteiger partial charge in [-0.15, -0.1) is 0 Å². The van der Waals surface area contributed by atoms with Crippen molar-refractivity contribution in [2.24, 2.45) is 5.41 Å². The molecule has 0 saturated carbocycles. The van der Waals surface area contributed by atoms with Crippen molar-refractivity contribution < 1.29 is 0 Å². The molecule has 1 rings (SSSR count). The second-order valence-electron chi connectivity index (χ2n) is 5.33. The highest BCUT2D eigenvalue weighted by molar-refractivity contribution is 7.99. The van der Waals surface area contributed by atoms with Gasteiger partial charge in [-0.25, -0.2) is 0 Å².